The Morgan fingerprint density at radius 2 is 0.661 bits per heavy atom. The first-order valence-corrected chi connectivity index (χ1v) is 20.2. The molecule has 1 aliphatic rings. The number of hydrogen-bond donors (Lipinski definition) is 0. The maximum absolute atomic E-state index is 3.92. The Morgan fingerprint density at radius 1 is 0.321 bits per heavy atom. The van der Waals surface area contributed by atoms with Crippen LogP contribution in [-0.4, -0.2) is 0 Å². The van der Waals surface area contributed by atoms with Crippen molar-refractivity contribution in [2.45, 2.75) is 19.3 Å². The zero-order valence-corrected chi connectivity index (χ0v) is 32.9. The lowest BCUT2D eigenvalue weighted by atomic mass is 9.80. The van der Waals surface area contributed by atoms with Gasteiger partial charge >= 0.3 is 0 Å². The van der Waals surface area contributed by atoms with E-state index < -0.39 is 0 Å². The molecule has 11 rings (SSSR count). The van der Waals surface area contributed by atoms with Crippen molar-refractivity contribution in [3.05, 3.63) is 204 Å². The Hall–Kier alpha value is -6.28. The van der Waals surface area contributed by atoms with Crippen LogP contribution in [0.1, 0.15) is 25.0 Å². The molecule has 0 saturated heterocycles. The summed E-state index contributed by atoms with van der Waals surface area (Å²) in [5, 5.41) is 10.1. The number of rotatable bonds is 4. The summed E-state index contributed by atoms with van der Waals surface area (Å²) >= 11 is 3.92. The summed E-state index contributed by atoms with van der Waals surface area (Å²) in [4.78, 5) is 0. The minimum absolute atomic E-state index is 0.131. The fraction of sp³-hybridized carbons (Fsp3) is 0.0545. The Morgan fingerprint density at radius 3 is 1.11 bits per heavy atom. The van der Waals surface area contributed by atoms with Gasteiger partial charge in [-0.15, -0.1) is 0 Å². The van der Waals surface area contributed by atoms with Crippen molar-refractivity contribution in [1.29, 1.82) is 0 Å². The Bertz CT molecular complexity index is 3090. The van der Waals surface area contributed by atoms with Crippen molar-refractivity contribution in [1.82, 2.24) is 0 Å². The van der Waals surface area contributed by atoms with E-state index in [1.54, 1.807) is 0 Å². The highest BCUT2D eigenvalue weighted by Crippen LogP contribution is 2.51. The van der Waals surface area contributed by atoms with Gasteiger partial charge in [0.2, 0.25) is 0 Å². The van der Waals surface area contributed by atoms with E-state index in [2.05, 4.69) is 218 Å². The molecule has 0 fully saturated rings. The molecule has 10 aromatic rings. The highest BCUT2D eigenvalue weighted by Gasteiger charge is 2.36. The van der Waals surface area contributed by atoms with Crippen LogP contribution in [-0.2, 0) is 5.41 Å². The predicted octanol–water partition coefficient (Wildman–Crippen LogP) is 16.0. The van der Waals surface area contributed by atoms with Crippen LogP contribution in [0.15, 0.2) is 193 Å². The van der Waals surface area contributed by atoms with E-state index in [-0.39, 0.29) is 5.41 Å². The number of hydrogen-bond acceptors (Lipinski definition) is 0. The van der Waals surface area contributed by atoms with Gasteiger partial charge in [-0.3, -0.25) is 0 Å². The summed E-state index contributed by atoms with van der Waals surface area (Å²) in [6, 6.07) is 69.7. The van der Waals surface area contributed by atoms with Gasteiger partial charge in [0.25, 0.3) is 0 Å². The minimum atomic E-state index is -0.131. The van der Waals surface area contributed by atoms with E-state index in [4.69, 9.17) is 0 Å². The van der Waals surface area contributed by atoms with Gasteiger partial charge in [0.15, 0.2) is 0 Å². The second-order valence-corrected chi connectivity index (χ2v) is 16.6. The molecule has 0 aromatic heterocycles. The first-order chi connectivity index (χ1) is 27.4. The summed E-state index contributed by atoms with van der Waals surface area (Å²) < 4.78 is 1.15. The summed E-state index contributed by atoms with van der Waals surface area (Å²) in [5.74, 6) is 0. The van der Waals surface area contributed by atoms with Crippen LogP contribution in [0.4, 0.5) is 0 Å². The van der Waals surface area contributed by atoms with Gasteiger partial charge in [0.1, 0.15) is 0 Å². The lowest BCUT2D eigenvalue weighted by Gasteiger charge is -2.23. The van der Waals surface area contributed by atoms with Crippen LogP contribution >= 0.6 is 15.9 Å². The summed E-state index contributed by atoms with van der Waals surface area (Å²) in [6.45, 7) is 4.76. The predicted molar refractivity (Wildman–Crippen MR) is 243 cm³/mol. The quantitative estimate of drug-likeness (QED) is 0.156. The maximum Gasteiger partial charge on any atom is 0.0332 e. The van der Waals surface area contributed by atoms with Gasteiger partial charge < -0.3 is 0 Å². The molecule has 1 aliphatic carbocycles. The van der Waals surface area contributed by atoms with E-state index in [0.29, 0.717) is 0 Å². The fourth-order valence-electron chi connectivity index (χ4n) is 9.47. The third-order valence-electron chi connectivity index (χ3n) is 12.3. The van der Waals surface area contributed by atoms with E-state index >= 15 is 0 Å². The zero-order valence-electron chi connectivity index (χ0n) is 31.3. The van der Waals surface area contributed by atoms with E-state index in [1.807, 2.05) is 0 Å². The molecule has 0 heterocycles. The third-order valence-corrected chi connectivity index (χ3v) is 13.2. The molecule has 0 aliphatic heterocycles. The monoisotopic (exact) mass is 776 g/mol. The summed E-state index contributed by atoms with van der Waals surface area (Å²) in [7, 11) is 0. The molecule has 0 nitrogen and oxygen atoms in total. The van der Waals surface area contributed by atoms with Crippen molar-refractivity contribution in [3.8, 4) is 55.6 Å². The molecule has 10 aromatic carbocycles. The van der Waals surface area contributed by atoms with Crippen molar-refractivity contribution in [2.75, 3.05) is 0 Å². The van der Waals surface area contributed by atoms with Gasteiger partial charge in [-0.05, 0) is 144 Å². The SMILES string of the molecule is CC1(C)c2cc(-c3ccc(-c4c5ccccc5cc5ccccc45)cc3)ccc2-c2ccc(-c3ccc(-c4c5ccccc5c(Br)c5ccccc45)cc3)cc21. The van der Waals surface area contributed by atoms with Gasteiger partial charge in [0, 0.05) is 9.89 Å². The van der Waals surface area contributed by atoms with Crippen molar-refractivity contribution < 1.29 is 0 Å². The number of benzene rings is 10. The number of halogens is 1. The minimum Gasteiger partial charge on any atom is -0.0616 e. The molecule has 0 spiro atoms. The Kier molecular flexibility index (Phi) is 7.46. The molecule has 1 heteroatoms. The highest BCUT2D eigenvalue weighted by molar-refractivity contribution is 9.10. The third kappa shape index (κ3) is 5.04. The molecule has 0 atom stereocenters. The van der Waals surface area contributed by atoms with Crippen LogP contribution in [0, 0.1) is 0 Å². The summed E-state index contributed by atoms with van der Waals surface area (Å²) in [6.07, 6.45) is 0. The van der Waals surface area contributed by atoms with E-state index in [0.717, 1.165) is 4.47 Å². The lowest BCUT2D eigenvalue weighted by molar-refractivity contribution is 0.661. The largest absolute Gasteiger partial charge is 0.0616 e. The highest BCUT2D eigenvalue weighted by atomic mass is 79.9. The molecule has 264 valence electrons. The molecule has 0 N–H and O–H groups in total. The zero-order chi connectivity index (χ0) is 37.5. The average molecular weight is 778 g/mol. The van der Waals surface area contributed by atoms with E-state index in [1.165, 1.54) is 110 Å². The molecule has 0 unspecified atom stereocenters. The van der Waals surface area contributed by atoms with Crippen LogP contribution < -0.4 is 0 Å². The van der Waals surface area contributed by atoms with Gasteiger partial charge in [-0.1, -0.05) is 184 Å². The molecule has 0 radical (unpaired) electrons. The smallest absolute Gasteiger partial charge is 0.0332 e. The van der Waals surface area contributed by atoms with Crippen molar-refractivity contribution >= 4 is 59.0 Å². The van der Waals surface area contributed by atoms with Crippen LogP contribution in [0.3, 0.4) is 0 Å². The first kappa shape index (κ1) is 33.1. The van der Waals surface area contributed by atoms with Crippen LogP contribution in [0.2, 0.25) is 0 Å². The van der Waals surface area contributed by atoms with Gasteiger partial charge in [-0.2, -0.15) is 0 Å². The second kappa shape index (κ2) is 12.6. The molecule has 0 saturated carbocycles. The van der Waals surface area contributed by atoms with Crippen molar-refractivity contribution in [3.63, 3.8) is 0 Å². The molecule has 56 heavy (non-hydrogen) atoms. The number of fused-ring (bicyclic) bond motifs is 7. The van der Waals surface area contributed by atoms with Crippen LogP contribution in [0.5, 0.6) is 0 Å². The Labute approximate surface area is 335 Å². The molecular formula is C55H37Br. The normalized spacial score (nSPS) is 13.1. The fourth-order valence-corrected chi connectivity index (χ4v) is 10.2. The molecular weight excluding hydrogens is 741 g/mol. The van der Waals surface area contributed by atoms with E-state index in [9.17, 15) is 0 Å². The van der Waals surface area contributed by atoms with Crippen molar-refractivity contribution in [2.24, 2.45) is 0 Å². The topological polar surface area (TPSA) is 0 Å². The second-order valence-electron chi connectivity index (χ2n) is 15.8. The van der Waals surface area contributed by atoms with Crippen LogP contribution in [0.25, 0.3) is 98.7 Å². The molecule has 0 amide bonds. The lowest BCUT2D eigenvalue weighted by Crippen LogP contribution is -2.15. The average Bonchev–Trinajstić information content (AvgIpc) is 3.48. The van der Waals surface area contributed by atoms with Gasteiger partial charge in [-0.25, -0.2) is 0 Å². The Balaban J connectivity index is 0.928. The molecule has 0 bridgehead atoms. The van der Waals surface area contributed by atoms with Gasteiger partial charge in [0.05, 0.1) is 0 Å². The standard InChI is InChI=1S/C55H37Br/c1-55(2)50-32-38(34-19-23-36(24-20-34)52-42-13-5-3-11-40(42)31-41-12-4-6-14-43(41)52)27-29-44(50)45-30-28-39(33-51(45)55)35-21-25-37(26-22-35)53-46-15-7-9-17-48(46)54(56)49-18-10-8-16-47(49)53/h3-33H,1-2H3. The summed E-state index contributed by atoms with van der Waals surface area (Å²) in [5.41, 5.74) is 15.3. The first-order valence-electron chi connectivity index (χ1n) is 19.4. The maximum atomic E-state index is 3.92.